The van der Waals surface area contributed by atoms with Gasteiger partial charge in [-0.3, -0.25) is 4.79 Å². The number of hydrogen-bond donors (Lipinski definition) is 0. The Labute approximate surface area is 114 Å². The summed E-state index contributed by atoms with van der Waals surface area (Å²) < 4.78 is 19.0. The summed E-state index contributed by atoms with van der Waals surface area (Å²) in [6.45, 7) is 1.10. The number of ether oxygens (including phenoxy) is 1. The van der Waals surface area contributed by atoms with Crippen LogP contribution in [0.4, 0.5) is 4.39 Å². The average molecular weight is 316 g/mol. The Bertz CT molecular complexity index is 447. The van der Waals surface area contributed by atoms with Gasteiger partial charge in [-0.2, -0.15) is 0 Å². The summed E-state index contributed by atoms with van der Waals surface area (Å²) >= 11 is 3.30. The molecular formula is C13H15BrFNO2. The predicted octanol–water partition coefficient (Wildman–Crippen LogP) is 2.73. The number of halogens is 2. The van der Waals surface area contributed by atoms with Gasteiger partial charge in [0.25, 0.3) is 5.91 Å². The van der Waals surface area contributed by atoms with E-state index in [1.807, 2.05) is 0 Å². The lowest BCUT2D eigenvalue weighted by molar-refractivity contribution is -0.140. The quantitative estimate of drug-likeness (QED) is 0.858. The van der Waals surface area contributed by atoms with E-state index < -0.39 is 0 Å². The first kappa shape index (κ1) is 13.5. The van der Waals surface area contributed by atoms with Crippen molar-refractivity contribution in [2.24, 2.45) is 0 Å². The van der Waals surface area contributed by atoms with Crippen LogP contribution >= 0.6 is 15.9 Å². The second kappa shape index (κ2) is 5.80. The first-order valence-corrected chi connectivity index (χ1v) is 6.68. The van der Waals surface area contributed by atoms with Crippen molar-refractivity contribution in [3.63, 3.8) is 0 Å². The molecule has 1 amide bonds. The van der Waals surface area contributed by atoms with Crippen molar-refractivity contribution in [1.29, 1.82) is 0 Å². The van der Waals surface area contributed by atoms with E-state index in [9.17, 15) is 9.18 Å². The third-order valence-electron chi connectivity index (χ3n) is 3.00. The number of likely N-dealkylation sites (N-methyl/N-ethyl adjacent to an activating group) is 1. The first-order chi connectivity index (χ1) is 8.58. The Balaban J connectivity index is 2.01. The summed E-state index contributed by atoms with van der Waals surface area (Å²) in [5, 5.41) is 0. The molecule has 1 fully saturated rings. The maximum atomic E-state index is 13.0. The SMILES string of the molecule is CN(Cc1ccc(F)cc1Br)C(=O)[C@@H]1CCCO1. The zero-order chi connectivity index (χ0) is 13.1. The minimum Gasteiger partial charge on any atom is -0.368 e. The van der Waals surface area contributed by atoms with Crippen LogP contribution in [0.15, 0.2) is 22.7 Å². The molecule has 0 N–H and O–H groups in total. The third kappa shape index (κ3) is 3.09. The topological polar surface area (TPSA) is 29.5 Å². The van der Waals surface area contributed by atoms with Crippen LogP contribution in [0.2, 0.25) is 0 Å². The van der Waals surface area contributed by atoms with E-state index in [0.717, 1.165) is 18.4 Å². The Morgan fingerprint density at radius 1 is 1.61 bits per heavy atom. The van der Waals surface area contributed by atoms with Crippen LogP contribution in [0.25, 0.3) is 0 Å². The zero-order valence-electron chi connectivity index (χ0n) is 10.2. The van der Waals surface area contributed by atoms with E-state index in [1.54, 1.807) is 18.0 Å². The maximum Gasteiger partial charge on any atom is 0.251 e. The third-order valence-corrected chi connectivity index (χ3v) is 3.74. The molecule has 0 spiro atoms. The molecule has 1 atom stereocenters. The Hall–Kier alpha value is -0.940. The van der Waals surface area contributed by atoms with Crippen molar-refractivity contribution >= 4 is 21.8 Å². The largest absolute Gasteiger partial charge is 0.368 e. The van der Waals surface area contributed by atoms with Crippen molar-refractivity contribution in [3.8, 4) is 0 Å². The fourth-order valence-electron chi connectivity index (χ4n) is 2.00. The first-order valence-electron chi connectivity index (χ1n) is 5.88. The number of hydrogen-bond acceptors (Lipinski definition) is 2. The molecule has 0 unspecified atom stereocenters. The molecule has 0 aromatic heterocycles. The Kier molecular flexibility index (Phi) is 4.35. The van der Waals surface area contributed by atoms with Gasteiger partial charge in [-0.25, -0.2) is 4.39 Å². The maximum absolute atomic E-state index is 13.0. The van der Waals surface area contributed by atoms with E-state index in [2.05, 4.69) is 15.9 Å². The number of carbonyl (C=O) groups excluding carboxylic acids is 1. The van der Waals surface area contributed by atoms with Gasteiger partial charge < -0.3 is 9.64 Å². The number of amides is 1. The molecule has 0 bridgehead atoms. The van der Waals surface area contributed by atoms with Gasteiger partial charge >= 0.3 is 0 Å². The molecule has 1 aromatic rings. The molecule has 5 heteroatoms. The standard InChI is InChI=1S/C13H15BrFNO2/c1-16(13(17)12-3-2-6-18-12)8-9-4-5-10(15)7-11(9)14/h4-5,7,12H,2-3,6,8H2,1H3/t12-/m0/s1. The van der Waals surface area contributed by atoms with E-state index in [4.69, 9.17) is 4.74 Å². The zero-order valence-corrected chi connectivity index (χ0v) is 11.7. The number of nitrogens with zero attached hydrogens (tertiary/aromatic N) is 1. The highest BCUT2D eigenvalue weighted by Crippen LogP contribution is 2.21. The van der Waals surface area contributed by atoms with Crippen LogP contribution in [-0.4, -0.2) is 30.6 Å². The van der Waals surface area contributed by atoms with Crippen LogP contribution in [0.5, 0.6) is 0 Å². The van der Waals surface area contributed by atoms with Gasteiger partial charge in [-0.15, -0.1) is 0 Å². The fourth-order valence-corrected chi connectivity index (χ4v) is 2.48. The van der Waals surface area contributed by atoms with Crippen LogP contribution in [-0.2, 0) is 16.1 Å². The highest BCUT2D eigenvalue weighted by Gasteiger charge is 2.26. The monoisotopic (exact) mass is 315 g/mol. The summed E-state index contributed by atoms with van der Waals surface area (Å²) in [5.74, 6) is -0.303. The van der Waals surface area contributed by atoms with E-state index in [-0.39, 0.29) is 17.8 Å². The average Bonchev–Trinajstić information content (AvgIpc) is 2.85. The van der Waals surface area contributed by atoms with Crippen LogP contribution in [0.1, 0.15) is 18.4 Å². The molecule has 1 aliphatic rings. The molecular weight excluding hydrogens is 301 g/mol. The van der Waals surface area contributed by atoms with Crippen LogP contribution < -0.4 is 0 Å². The van der Waals surface area contributed by atoms with Crippen molar-refractivity contribution in [2.75, 3.05) is 13.7 Å². The van der Waals surface area contributed by atoms with Gasteiger partial charge in [-0.05, 0) is 30.5 Å². The minimum absolute atomic E-state index is 0.0104. The molecule has 18 heavy (non-hydrogen) atoms. The summed E-state index contributed by atoms with van der Waals surface area (Å²) in [6, 6.07) is 4.48. The molecule has 1 heterocycles. The predicted molar refractivity (Wildman–Crippen MR) is 69.5 cm³/mol. The van der Waals surface area contributed by atoms with Gasteiger partial charge in [0, 0.05) is 24.7 Å². The highest BCUT2D eigenvalue weighted by molar-refractivity contribution is 9.10. The van der Waals surface area contributed by atoms with Gasteiger partial charge in [0.1, 0.15) is 11.9 Å². The van der Waals surface area contributed by atoms with Crippen molar-refractivity contribution in [1.82, 2.24) is 4.90 Å². The Morgan fingerprint density at radius 3 is 3.00 bits per heavy atom. The summed E-state index contributed by atoms with van der Waals surface area (Å²) in [4.78, 5) is 13.7. The number of benzene rings is 1. The molecule has 98 valence electrons. The minimum atomic E-state index is -0.311. The van der Waals surface area contributed by atoms with Gasteiger partial charge in [0.2, 0.25) is 0 Å². The van der Waals surface area contributed by atoms with Crippen molar-refractivity contribution < 1.29 is 13.9 Å². The van der Waals surface area contributed by atoms with E-state index >= 15 is 0 Å². The lowest BCUT2D eigenvalue weighted by Gasteiger charge is -2.21. The fraction of sp³-hybridized carbons (Fsp3) is 0.462. The summed E-state index contributed by atoms with van der Waals surface area (Å²) in [7, 11) is 1.74. The Morgan fingerprint density at radius 2 is 2.39 bits per heavy atom. The second-order valence-electron chi connectivity index (χ2n) is 4.43. The van der Waals surface area contributed by atoms with Gasteiger partial charge in [-0.1, -0.05) is 22.0 Å². The number of rotatable bonds is 3. The summed E-state index contributed by atoms with van der Waals surface area (Å²) in [5.41, 5.74) is 0.880. The van der Waals surface area contributed by atoms with Gasteiger partial charge in [0.15, 0.2) is 0 Å². The molecule has 3 nitrogen and oxygen atoms in total. The normalized spacial score (nSPS) is 18.9. The molecule has 0 saturated carbocycles. The molecule has 1 aromatic carbocycles. The second-order valence-corrected chi connectivity index (χ2v) is 5.29. The smallest absolute Gasteiger partial charge is 0.251 e. The lowest BCUT2D eigenvalue weighted by Crippen LogP contribution is -2.35. The highest BCUT2D eigenvalue weighted by atomic mass is 79.9. The van der Waals surface area contributed by atoms with Crippen LogP contribution in [0.3, 0.4) is 0 Å². The summed E-state index contributed by atoms with van der Waals surface area (Å²) in [6.07, 6.45) is 1.41. The van der Waals surface area contributed by atoms with Crippen molar-refractivity contribution in [2.45, 2.75) is 25.5 Å². The van der Waals surface area contributed by atoms with E-state index in [0.29, 0.717) is 17.6 Å². The van der Waals surface area contributed by atoms with Crippen LogP contribution in [0, 0.1) is 5.82 Å². The van der Waals surface area contributed by atoms with E-state index in [1.165, 1.54) is 12.1 Å². The molecule has 2 rings (SSSR count). The van der Waals surface area contributed by atoms with Gasteiger partial charge in [0.05, 0.1) is 0 Å². The number of carbonyl (C=O) groups is 1. The lowest BCUT2D eigenvalue weighted by atomic mass is 10.2. The molecule has 0 radical (unpaired) electrons. The molecule has 1 aliphatic heterocycles. The molecule has 1 saturated heterocycles. The molecule has 0 aliphatic carbocycles. The van der Waals surface area contributed by atoms with Crippen molar-refractivity contribution in [3.05, 3.63) is 34.1 Å².